The van der Waals surface area contributed by atoms with Gasteiger partial charge in [-0.05, 0) is 48.4 Å². The maximum atomic E-state index is 12.1. The van der Waals surface area contributed by atoms with Crippen molar-refractivity contribution < 1.29 is 23.7 Å². The average molecular weight is 372 g/mol. The maximum absolute atomic E-state index is 12.1. The highest BCUT2D eigenvalue weighted by atomic mass is 16.5. The molecule has 7 nitrogen and oxygen atoms in total. The Morgan fingerprint density at radius 2 is 1.63 bits per heavy atom. The molecule has 0 aliphatic carbocycles. The van der Waals surface area contributed by atoms with Crippen molar-refractivity contribution in [1.29, 1.82) is 0 Å². The van der Waals surface area contributed by atoms with Crippen LogP contribution in [0.4, 0.5) is 0 Å². The predicted molar refractivity (Wildman–Crippen MR) is 103 cm³/mol. The van der Waals surface area contributed by atoms with E-state index in [1.54, 1.807) is 51.8 Å². The van der Waals surface area contributed by atoms with Crippen LogP contribution < -0.4 is 24.4 Å². The van der Waals surface area contributed by atoms with Crippen molar-refractivity contribution in [3.63, 3.8) is 0 Å². The summed E-state index contributed by atoms with van der Waals surface area (Å²) >= 11 is 0. The van der Waals surface area contributed by atoms with E-state index in [-0.39, 0.29) is 12.3 Å². The number of nitrogens with zero attached hydrogens (tertiary/aromatic N) is 1. The Morgan fingerprint density at radius 1 is 0.963 bits per heavy atom. The quantitative estimate of drug-likeness (QED) is 0.541. The molecule has 0 saturated carbocycles. The Hall–Kier alpha value is -3.22. The van der Waals surface area contributed by atoms with Gasteiger partial charge in [0.05, 0.1) is 40.6 Å². The van der Waals surface area contributed by atoms with E-state index in [1.807, 2.05) is 19.1 Å². The third-order valence-electron chi connectivity index (χ3n) is 3.70. The summed E-state index contributed by atoms with van der Waals surface area (Å²) in [6.45, 7) is 2.42. The summed E-state index contributed by atoms with van der Waals surface area (Å²) < 4.78 is 21.2. The van der Waals surface area contributed by atoms with Gasteiger partial charge in [-0.3, -0.25) is 4.79 Å². The van der Waals surface area contributed by atoms with Gasteiger partial charge in [0, 0.05) is 0 Å². The fourth-order valence-electron chi connectivity index (χ4n) is 2.44. The summed E-state index contributed by atoms with van der Waals surface area (Å²) in [5.41, 5.74) is 4.09. The normalized spacial score (nSPS) is 10.5. The monoisotopic (exact) mass is 372 g/mol. The van der Waals surface area contributed by atoms with Gasteiger partial charge < -0.3 is 18.9 Å². The number of carbonyl (C=O) groups excluding carboxylic acids is 1. The molecular weight excluding hydrogens is 348 g/mol. The molecule has 1 N–H and O–H groups in total. The second-order valence-corrected chi connectivity index (χ2v) is 5.50. The van der Waals surface area contributed by atoms with Gasteiger partial charge in [0.2, 0.25) is 5.91 Å². The molecular formula is C20H24N2O5. The number of carbonyl (C=O) groups is 1. The highest BCUT2D eigenvalue weighted by Crippen LogP contribution is 2.28. The number of hydrazone groups is 1. The first-order chi connectivity index (χ1) is 13.1. The lowest BCUT2D eigenvalue weighted by molar-refractivity contribution is -0.120. The van der Waals surface area contributed by atoms with Crippen molar-refractivity contribution in [3.8, 4) is 23.0 Å². The number of hydrogen-bond donors (Lipinski definition) is 1. The van der Waals surface area contributed by atoms with Crippen LogP contribution in [0.3, 0.4) is 0 Å². The Labute approximate surface area is 158 Å². The summed E-state index contributed by atoms with van der Waals surface area (Å²) in [4.78, 5) is 12.1. The topological polar surface area (TPSA) is 78.4 Å². The first kappa shape index (κ1) is 20.1. The minimum atomic E-state index is -0.239. The molecule has 0 heterocycles. The van der Waals surface area contributed by atoms with Crippen LogP contribution in [0.15, 0.2) is 41.5 Å². The van der Waals surface area contributed by atoms with Crippen LogP contribution in [-0.2, 0) is 11.2 Å². The molecule has 144 valence electrons. The highest BCUT2D eigenvalue weighted by Gasteiger charge is 2.08. The van der Waals surface area contributed by atoms with E-state index in [0.717, 1.165) is 11.1 Å². The molecule has 7 heteroatoms. The van der Waals surface area contributed by atoms with E-state index >= 15 is 0 Å². The van der Waals surface area contributed by atoms with E-state index in [9.17, 15) is 4.79 Å². The molecule has 0 atom stereocenters. The largest absolute Gasteiger partial charge is 0.493 e. The molecule has 0 unspecified atom stereocenters. The summed E-state index contributed by atoms with van der Waals surface area (Å²) in [5.74, 6) is 2.22. The molecule has 0 bridgehead atoms. The van der Waals surface area contributed by atoms with Gasteiger partial charge in [-0.15, -0.1) is 0 Å². The lowest BCUT2D eigenvalue weighted by atomic mass is 10.1. The van der Waals surface area contributed by atoms with Crippen LogP contribution in [0, 0.1) is 0 Å². The second-order valence-electron chi connectivity index (χ2n) is 5.50. The van der Waals surface area contributed by atoms with Crippen molar-refractivity contribution in [2.45, 2.75) is 13.3 Å². The standard InChI is InChI=1S/C20H24N2O5/c1-5-27-19-11-15(7-9-17(19)25-3)13-21-22-20(23)12-14-6-8-16(24-2)18(10-14)26-4/h6-11,13H,5,12H2,1-4H3,(H,22,23)/b21-13+. The molecule has 2 aromatic carbocycles. The Balaban J connectivity index is 1.98. The van der Waals surface area contributed by atoms with Crippen LogP contribution in [0.1, 0.15) is 18.1 Å². The smallest absolute Gasteiger partial charge is 0.244 e. The van der Waals surface area contributed by atoms with E-state index in [1.165, 1.54) is 0 Å². The Kier molecular flexibility index (Phi) is 7.49. The third-order valence-corrected chi connectivity index (χ3v) is 3.70. The molecule has 2 aromatic rings. The first-order valence-corrected chi connectivity index (χ1v) is 8.44. The highest BCUT2D eigenvalue weighted by molar-refractivity contribution is 5.84. The molecule has 0 radical (unpaired) electrons. The second kappa shape index (κ2) is 10.1. The molecule has 0 aromatic heterocycles. The number of ether oxygens (including phenoxy) is 4. The number of benzene rings is 2. The lowest BCUT2D eigenvalue weighted by Crippen LogP contribution is -2.19. The van der Waals surface area contributed by atoms with Gasteiger partial charge in [-0.25, -0.2) is 5.43 Å². The minimum Gasteiger partial charge on any atom is -0.493 e. The van der Waals surface area contributed by atoms with Crippen LogP contribution in [0.2, 0.25) is 0 Å². The van der Waals surface area contributed by atoms with Gasteiger partial charge >= 0.3 is 0 Å². The molecule has 0 fully saturated rings. The molecule has 27 heavy (non-hydrogen) atoms. The van der Waals surface area contributed by atoms with Crippen molar-refractivity contribution in [3.05, 3.63) is 47.5 Å². The lowest BCUT2D eigenvalue weighted by Gasteiger charge is -2.09. The van der Waals surface area contributed by atoms with E-state index in [4.69, 9.17) is 18.9 Å². The fraction of sp³-hybridized carbons (Fsp3) is 0.300. The zero-order valence-electron chi connectivity index (χ0n) is 15.9. The maximum Gasteiger partial charge on any atom is 0.244 e. The van der Waals surface area contributed by atoms with Gasteiger partial charge in [0.15, 0.2) is 23.0 Å². The van der Waals surface area contributed by atoms with Crippen molar-refractivity contribution >= 4 is 12.1 Å². The van der Waals surface area contributed by atoms with Crippen molar-refractivity contribution in [2.75, 3.05) is 27.9 Å². The van der Waals surface area contributed by atoms with E-state index in [2.05, 4.69) is 10.5 Å². The summed E-state index contributed by atoms with van der Waals surface area (Å²) in [7, 11) is 4.70. The molecule has 0 aliphatic heterocycles. The predicted octanol–water partition coefficient (Wildman–Crippen LogP) is 2.80. The fourth-order valence-corrected chi connectivity index (χ4v) is 2.44. The molecule has 2 rings (SSSR count). The molecule has 0 aliphatic rings. The Morgan fingerprint density at radius 3 is 2.30 bits per heavy atom. The van der Waals surface area contributed by atoms with E-state index in [0.29, 0.717) is 29.6 Å². The first-order valence-electron chi connectivity index (χ1n) is 8.44. The average Bonchev–Trinajstić information content (AvgIpc) is 2.68. The summed E-state index contributed by atoms with van der Waals surface area (Å²) in [6, 6.07) is 10.7. The van der Waals surface area contributed by atoms with Crippen molar-refractivity contribution in [2.24, 2.45) is 5.10 Å². The van der Waals surface area contributed by atoms with Crippen LogP contribution in [-0.4, -0.2) is 40.1 Å². The summed E-state index contributed by atoms with van der Waals surface area (Å²) in [5, 5.41) is 3.99. The number of nitrogens with one attached hydrogen (secondary N) is 1. The van der Waals surface area contributed by atoms with Gasteiger partial charge in [0.1, 0.15) is 0 Å². The van der Waals surface area contributed by atoms with Gasteiger partial charge in [-0.2, -0.15) is 5.10 Å². The van der Waals surface area contributed by atoms with Gasteiger partial charge in [-0.1, -0.05) is 6.07 Å². The van der Waals surface area contributed by atoms with E-state index < -0.39 is 0 Å². The number of amides is 1. The molecule has 0 saturated heterocycles. The molecule has 1 amide bonds. The van der Waals surface area contributed by atoms with Gasteiger partial charge in [0.25, 0.3) is 0 Å². The van der Waals surface area contributed by atoms with Crippen molar-refractivity contribution in [1.82, 2.24) is 5.43 Å². The van der Waals surface area contributed by atoms with Crippen LogP contribution in [0.5, 0.6) is 23.0 Å². The zero-order valence-corrected chi connectivity index (χ0v) is 15.9. The minimum absolute atomic E-state index is 0.171. The zero-order chi connectivity index (χ0) is 19.6. The van der Waals surface area contributed by atoms with Crippen LogP contribution in [0.25, 0.3) is 0 Å². The SMILES string of the molecule is CCOc1cc(/C=N/NC(=O)Cc2ccc(OC)c(OC)c2)ccc1OC. The van der Waals surface area contributed by atoms with Crippen LogP contribution >= 0.6 is 0 Å². The summed E-state index contributed by atoms with van der Waals surface area (Å²) in [6.07, 6.45) is 1.72. The molecule has 0 spiro atoms. The number of hydrogen-bond acceptors (Lipinski definition) is 6. The Bertz CT molecular complexity index is 805. The number of methoxy groups -OCH3 is 3. The third kappa shape index (κ3) is 5.64. The number of rotatable bonds is 9.